The van der Waals surface area contributed by atoms with Gasteiger partial charge in [-0.25, -0.2) is 13.1 Å². The number of hydrogen-bond donors (Lipinski definition) is 0. The first-order chi connectivity index (χ1) is 13.6. The van der Waals surface area contributed by atoms with Gasteiger partial charge in [-0.05, 0) is 42.5 Å². The van der Waals surface area contributed by atoms with Crippen molar-refractivity contribution < 1.29 is 8.42 Å². The molecule has 0 spiro atoms. The van der Waals surface area contributed by atoms with Crippen molar-refractivity contribution in [1.82, 2.24) is 14.8 Å². The quantitative estimate of drug-likeness (QED) is 0.510. The molecular weight excluding hydrogens is 370 g/mol. The monoisotopic (exact) mass is 387 g/mol. The molecule has 0 atom stereocenters. The Bertz CT molecular complexity index is 1200. The summed E-state index contributed by atoms with van der Waals surface area (Å²) in [5, 5.41) is 5.87. The van der Waals surface area contributed by atoms with Gasteiger partial charge >= 0.3 is 0 Å². The summed E-state index contributed by atoms with van der Waals surface area (Å²) in [7, 11) is -3.55. The molecule has 0 amide bonds. The van der Waals surface area contributed by atoms with Crippen molar-refractivity contribution in [3.05, 3.63) is 102 Å². The Morgan fingerprint density at radius 3 is 2.25 bits per heavy atom. The lowest BCUT2D eigenvalue weighted by molar-refractivity contribution is 0.605. The molecule has 2 aromatic carbocycles. The van der Waals surface area contributed by atoms with Crippen LogP contribution in [-0.4, -0.2) is 23.2 Å². The third kappa shape index (κ3) is 3.77. The van der Waals surface area contributed by atoms with E-state index in [4.69, 9.17) is 0 Å². The summed E-state index contributed by atoms with van der Waals surface area (Å²) in [6.45, 7) is 0. The fourth-order valence-electron chi connectivity index (χ4n) is 2.80. The van der Waals surface area contributed by atoms with Gasteiger partial charge in [-0.2, -0.15) is 5.10 Å². The molecule has 0 radical (unpaired) electrons. The number of hydrogen-bond acceptors (Lipinski definition) is 4. The van der Waals surface area contributed by atoms with Crippen molar-refractivity contribution in [2.75, 3.05) is 0 Å². The molecule has 0 aliphatic carbocycles. The standard InChI is InChI=1S/C22H17N3O2S/c26-28(27,21-11-5-2-6-12-21)15-13-19-17-25(20-9-3-1-4-10-20)24-22(19)18-8-7-14-23-16-18/h1-17H/b15-13+. The van der Waals surface area contributed by atoms with Crippen LogP contribution < -0.4 is 0 Å². The van der Waals surface area contributed by atoms with Gasteiger partial charge in [0.1, 0.15) is 5.69 Å². The van der Waals surface area contributed by atoms with Crippen LogP contribution in [0.25, 0.3) is 23.0 Å². The van der Waals surface area contributed by atoms with Crippen LogP contribution in [0.15, 0.2) is 102 Å². The van der Waals surface area contributed by atoms with Crippen LogP contribution in [0.1, 0.15) is 5.56 Å². The molecule has 0 N–H and O–H groups in total. The fraction of sp³-hybridized carbons (Fsp3) is 0. The highest BCUT2D eigenvalue weighted by Crippen LogP contribution is 2.25. The maximum Gasteiger partial charge on any atom is 0.199 e. The van der Waals surface area contributed by atoms with Gasteiger partial charge in [0.05, 0.1) is 10.6 Å². The molecule has 138 valence electrons. The third-order valence-corrected chi connectivity index (χ3v) is 5.62. The topological polar surface area (TPSA) is 64.8 Å². The van der Waals surface area contributed by atoms with Crippen LogP contribution in [0.5, 0.6) is 0 Å². The molecule has 0 unspecified atom stereocenters. The van der Waals surface area contributed by atoms with Crippen molar-refractivity contribution >= 4 is 15.9 Å². The molecular formula is C22H17N3O2S. The van der Waals surface area contributed by atoms with Crippen LogP contribution in [0, 0.1) is 0 Å². The van der Waals surface area contributed by atoms with Gasteiger partial charge in [0, 0.05) is 35.1 Å². The van der Waals surface area contributed by atoms with Gasteiger partial charge in [0.15, 0.2) is 9.84 Å². The minimum Gasteiger partial charge on any atom is -0.264 e. The van der Waals surface area contributed by atoms with Crippen molar-refractivity contribution in [2.45, 2.75) is 4.90 Å². The predicted octanol–water partition coefficient (Wildman–Crippen LogP) is 4.38. The van der Waals surface area contributed by atoms with Crippen molar-refractivity contribution in [1.29, 1.82) is 0 Å². The van der Waals surface area contributed by atoms with Crippen LogP contribution in [0.2, 0.25) is 0 Å². The molecule has 0 bridgehead atoms. The zero-order chi connectivity index (χ0) is 19.4. The molecule has 0 fully saturated rings. The average molecular weight is 387 g/mol. The molecule has 0 saturated carbocycles. The molecule has 6 heteroatoms. The average Bonchev–Trinajstić information content (AvgIpc) is 3.19. The first kappa shape index (κ1) is 17.9. The Morgan fingerprint density at radius 1 is 0.857 bits per heavy atom. The van der Waals surface area contributed by atoms with Gasteiger partial charge < -0.3 is 0 Å². The summed E-state index contributed by atoms with van der Waals surface area (Å²) in [6.07, 6.45) is 6.79. The zero-order valence-corrected chi connectivity index (χ0v) is 15.7. The number of para-hydroxylation sites is 1. The summed E-state index contributed by atoms with van der Waals surface area (Å²) in [5.74, 6) is 0. The van der Waals surface area contributed by atoms with E-state index in [2.05, 4.69) is 10.1 Å². The molecule has 4 rings (SSSR count). The van der Waals surface area contributed by atoms with Gasteiger partial charge in [-0.15, -0.1) is 0 Å². The number of nitrogens with zero attached hydrogens (tertiary/aromatic N) is 3. The molecule has 0 aliphatic heterocycles. The van der Waals surface area contributed by atoms with E-state index < -0.39 is 9.84 Å². The summed E-state index contributed by atoms with van der Waals surface area (Å²) >= 11 is 0. The smallest absolute Gasteiger partial charge is 0.199 e. The minimum atomic E-state index is -3.55. The summed E-state index contributed by atoms with van der Waals surface area (Å²) in [4.78, 5) is 4.40. The lowest BCUT2D eigenvalue weighted by Crippen LogP contribution is -1.95. The third-order valence-electron chi connectivity index (χ3n) is 4.20. The van der Waals surface area contributed by atoms with E-state index in [-0.39, 0.29) is 4.90 Å². The number of pyridine rings is 1. The number of rotatable bonds is 5. The highest BCUT2D eigenvalue weighted by molar-refractivity contribution is 7.94. The van der Waals surface area contributed by atoms with Gasteiger partial charge in [0.2, 0.25) is 0 Å². The normalized spacial score (nSPS) is 11.7. The van der Waals surface area contributed by atoms with E-state index in [0.717, 1.165) is 11.3 Å². The summed E-state index contributed by atoms with van der Waals surface area (Å²) in [6, 6.07) is 21.7. The van der Waals surface area contributed by atoms with E-state index in [1.807, 2.05) is 48.7 Å². The Labute approximate surface area is 163 Å². The molecule has 4 aromatic rings. The van der Waals surface area contributed by atoms with Crippen molar-refractivity contribution in [3.8, 4) is 16.9 Å². The van der Waals surface area contributed by atoms with Gasteiger partial charge in [-0.3, -0.25) is 4.98 Å². The van der Waals surface area contributed by atoms with E-state index >= 15 is 0 Å². The zero-order valence-electron chi connectivity index (χ0n) is 14.9. The summed E-state index contributed by atoms with van der Waals surface area (Å²) in [5.41, 5.74) is 3.06. The van der Waals surface area contributed by atoms with Crippen molar-refractivity contribution in [2.24, 2.45) is 0 Å². The molecule has 2 aromatic heterocycles. The van der Waals surface area contributed by atoms with Gasteiger partial charge in [-0.1, -0.05) is 36.4 Å². The number of sulfone groups is 1. The molecule has 0 aliphatic rings. The first-order valence-electron chi connectivity index (χ1n) is 8.67. The molecule has 28 heavy (non-hydrogen) atoms. The van der Waals surface area contributed by atoms with Crippen LogP contribution >= 0.6 is 0 Å². The van der Waals surface area contributed by atoms with Crippen LogP contribution in [0.3, 0.4) is 0 Å². The molecule has 5 nitrogen and oxygen atoms in total. The Morgan fingerprint density at radius 2 is 1.57 bits per heavy atom. The largest absolute Gasteiger partial charge is 0.264 e. The second-order valence-corrected chi connectivity index (χ2v) is 7.95. The van der Waals surface area contributed by atoms with Gasteiger partial charge in [0.25, 0.3) is 0 Å². The van der Waals surface area contributed by atoms with Crippen LogP contribution in [0.4, 0.5) is 0 Å². The van der Waals surface area contributed by atoms with E-state index in [1.54, 1.807) is 53.5 Å². The van der Waals surface area contributed by atoms with E-state index in [1.165, 1.54) is 5.41 Å². The lowest BCUT2D eigenvalue weighted by Gasteiger charge is -2.00. The maximum atomic E-state index is 12.6. The minimum absolute atomic E-state index is 0.254. The Kier molecular flexibility index (Phi) is 4.87. The second-order valence-electron chi connectivity index (χ2n) is 6.12. The molecule has 0 saturated heterocycles. The van der Waals surface area contributed by atoms with Crippen molar-refractivity contribution in [3.63, 3.8) is 0 Å². The molecule has 2 heterocycles. The number of aromatic nitrogens is 3. The SMILES string of the molecule is O=S(=O)(/C=C/c1cn(-c2ccccc2)nc1-c1cccnc1)c1ccccc1. The Hall–Kier alpha value is -3.51. The van der Waals surface area contributed by atoms with E-state index in [9.17, 15) is 8.42 Å². The highest BCUT2D eigenvalue weighted by Gasteiger charge is 2.13. The highest BCUT2D eigenvalue weighted by atomic mass is 32.2. The predicted molar refractivity (Wildman–Crippen MR) is 109 cm³/mol. The summed E-state index contributed by atoms with van der Waals surface area (Å²) < 4.78 is 26.9. The van der Waals surface area contributed by atoms with E-state index in [0.29, 0.717) is 11.3 Å². The first-order valence-corrected chi connectivity index (χ1v) is 10.2. The lowest BCUT2D eigenvalue weighted by atomic mass is 10.1. The maximum absolute atomic E-state index is 12.6. The van der Waals surface area contributed by atoms with Crippen LogP contribution in [-0.2, 0) is 9.84 Å². The fourth-order valence-corrected chi connectivity index (χ4v) is 3.82. The number of benzene rings is 2. The Balaban J connectivity index is 1.78. The second kappa shape index (κ2) is 7.62.